The van der Waals surface area contributed by atoms with Crippen LogP contribution in [0.5, 0.6) is 6.01 Å². The number of halogens is 1. The molecule has 7 heteroatoms. The molecule has 126 valence electrons. The van der Waals surface area contributed by atoms with Crippen LogP contribution in [0.4, 0.5) is 4.79 Å². The van der Waals surface area contributed by atoms with Crippen molar-refractivity contribution in [2.45, 2.75) is 18.9 Å². The van der Waals surface area contributed by atoms with Gasteiger partial charge in [-0.1, -0.05) is 41.9 Å². The van der Waals surface area contributed by atoms with Crippen LogP contribution in [0, 0.1) is 0 Å². The van der Waals surface area contributed by atoms with Crippen molar-refractivity contribution in [1.29, 1.82) is 0 Å². The third-order valence-corrected chi connectivity index (χ3v) is 4.03. The van der Waals surface area contributed by atoms with Crippen molar-refractivity contribution in [2.75, 3.05) is 19.6 Å². The second kappa shape index (κ2) is 7.97. The lowest BCUT2D eigenvalue weighted by atomic mass is 10.1. The highest BCUT2D eigenvalue weighted by Gasteiger charge is 2.28. The lowest BCUT2D eigenvalue weighted by Gasteiger charge is -2.17. The van der Waals surface area contributed by atoms with E-state index in [-0.39, 0.29) is 18.1 Å². The number of rotatable bonds is 5. The molecule has 24 heavy (non-hydrogen) atoms. The van der Waals surface area contributed by atoms with Crippen LogP contribution in [0.15, 0.2) is 42.7 Å². The van der Waals surface area contributed by atoms with E-state index in [1.165, 1.54) is 18.0 Å². The smallest absolute Gasteiger partial charge is 0.317 e. The van der Waals surface area contributed by atoms with Crippen molar-refractivity contribution >= 4 is 17.6 Å². The molecule has 0 spiro atoms. The Morgan fingerprint density at radius 1 is 1.29 bits per heavy atom. The van der Waals surface area contributed by atoms with Crippen LogP contribution < -0.4 is 10.1 Å². The largest absolute Gasteiger partial charge is 0.458 e. The minimum absolute atomic E-state index is 0.0611. The molecule has 1 saturated heterocycles. The van der Waals surface area contributed by atoms with Gasteiger partial charge in [0.1, 0.15) is 6.10 Å². The average Bonchev–Trinajstić information content (AvgIpc) is 3.06. The van der Waals surface area contributed by atoms with Gasteiger partial charge in [0.15, 0.2) is 0 Å². The van der Waals surface area contributed by atoms with E-state index in [9.17, 15) is 4.79 Å². The fraction of sp³-hybridized carbons (Fsp3) is 0.353. The van der Waals surface area contributed by atoms with Crippen LogP contribution in [-0.2, 0) is 6.42 Å². The Balaban J connectivity index is 1.41. The Kier molecular flexibility index (Phi) is 5.48. The first-order valence-electron chi connectivity index (χ1n) is 7.91. The van der Waals surface area contributed by atoms with Gasteiger partial charge in [-0.05, 0) is 12.0 Å². The number of nitrogens with zero attached hydrogens (tertiary/aromatic N) is 3. The van der Waals surface area contributed by atoms with E-state index in [2.05, 4.69) is 27.4 Å². The molecule has 1 fully saturated rings. The molecular formula is C17H19ClN4O2. The van der Waals surface area contributed by atoms with Gasteiger partial charge in [-0.2, -0.15) is 0 Å². The van der Waals surface area contributed by atoms with E-state index in [0.717, 1.165) is 12.8 Å². The van der Waals surface area contributed by atoms with Crippen molar-refractivity contribution in [3.63, 3.8) is 0 Å². The number of benzene rings is 1. The number of likely N-dealkylation sites (tertiary alicyclic amines) is 1. The van der Waals surface area contributed by atoms with Gasteiger partial charge in [0.05, 0.1) is 24.0 Å². The summed E-state index contributed by atoms with van der Waals surface area (Å²) < 4.78 is 5.68. The maximum absolute atomic E-state index is 12.2. The number of amides is 2. The lowest BCUT2D eigenvalue weighted by molar-refractivity contribution is 0.178. The molecule has 1 N–H and O–H groups in total. The first-order chi connectivity index (χ1) is 11.7. The summed E-state index contributed by atoms with van der Waals surface area (Å²) in [5.74, 6) is 0. The molecule has 0 radical (unpaired) electrons. The third kappa shape index (κ3) is 4.58. The molecule has 6 nitrogen and oxygen atoms in total. The van der Waals surface area contributed by atoms with Gasteiger partial charge in [0, 0.05) is 19.5 Å². The Labute approximate surface area is 145 Å². The van der Waals surface area contributed by atoms with Gasteiger partial charge in [-0.25, -0.2) is 14.8 Å². The van der Waals surface area contributed by atoms with E-state index < -0.39 is 0 Å². The summed E-state index contributed by atoms with van der Waals surface area (Å²) in [6.07, 6.45) is 4.47. The highest BCUT2D eigenvalue weighted by Crippen LogP contribution is 2.16. The van der Waals surface area contributed by atoms with E-state index in [1.54, 1.807) is 4.90 Å². The second-order valence-corrected chi connectivity index (χ2v) is 6.06. The summed E-state index contributed by atoms with van der Waals surface area (Å²) in [5.41, 5.74) is 1.21. The van der Waals surface area contributed by atoms with E-state index >= 15 is 0 Å². The highest BCUT2D eigenvalue weighted by molar-refractivity contribution is 6.30. The van der Waals surface area contributed by atoms with Crippen molar-refractivity contribution < 1.29 is 9.53 Å². The zero-order chi connectivity index (χ0) is 16.8. The van der Waals surface area contributed by atoms with Gasteiger partial charge >= 0.3 is 12.0 Å². The molecular weight excluding hydrogens is 328 g/mol. The number of carbonyl (C=O) groups excluding carboxylic acids is 1. The maximum atomic E-state index is 12.2. The Hall–Kier alpha value is -2.34. The minimum atomic E-state index is -0.0916. The predicted octanol–water partition coefficient (Wildman–Crippen LogP) is 2.54. The molecule has 1 aliphatic heterocycles. The number of nitrogens with one attached hydrogen (secondary N) is 1. The van der Waals surface area contributed by atoms with Gasteiger partial charge < -0.3 is 15.0 Å². The Morgan fingerprint density at radius 3 is 2.79 bits per heavy atom. The molecule has 0 aliphatic carbocycles. The fourth-order valence-corrected chi connectivity index (χ4v) is 2.69. The Morgan fingerprint density at radius 2 is 2.04 bits per heavy atom. The SMILES string of the molecule is O=C(NCCc1ccccc1)N1CC[C@H](Oc2ncc(Cl)cn2)C1. The normalized spacial score (nSPS) is 16.9. The fourth-order valence-electron chi connectivity index (χ4n) is 2.59. The van der Waals surface area contributed by atoms with Crippen LogP contribution in [0.25, 0.3) is 0 Å². The maximum Gasteiger partial charge on any atom is 0.317 e. The summed E-state index contributed by atoms with van der Waals surface area (Å²) in [6, 6.07) is 10.3. The average molecular weight is 347 g/mol. The van der Waals surface area contributed by atoms with Gasteiger partial charge in [-0.15, -0.1) is 0 Å². The first kappa shape index (κ1) is 16.5. The van der Waals surface area contributed by atoms with E-state index in [1.807, 2.05) is 18.2 Å². The topological polar surface area (TPSA) is 67.4 Å². The number of carbonyl (C=O) groups is 1. The minimum Gasteiger partial charge on any atom is -0.458 e. The zero-order valence-corrected chi connectivity index (χ0v) is 13.9. The number of ether oxygens (including phenoxy) is 1. The summed E-state index contributed by atoms with van der Waals surface area (Å²) in [7, 11) is 0. The van der Waals surface area contributed by atoms with Crippen molar-refractivity contribution in [2.24, 2.45) is 0 Å². The van der Waals surface area contributed by atoms with Crippen molar-refractivity contribution in [1.82, 2.24) is 20.2 Å². The van der Waals surface area contributed by atoms with Crippen LogP contribution in [0.3, 0.4) is 0 Å². The highest BCUT2D eigenvalue weighted by atomic mass is 35.5. The van der Waals surface area contributed by atoms with Crippen LogP contribution in [0.2, 0.25) is 5.02 Å². The Bertz CT molecular complexity index is 666. The predicted molar refractivity (Wildman–Crippen MR) is 91.2 cm³/mol. The summed E-state index contributed by atoms with van der Waals surface area (Å²) in [6.45, 7) is 1.81. The molecule has 0 unspecified atom stereocenters. The summed E-state index contributed by atoms with van der Waals surface area (Å²) in [4.78, 5) is 22.0. The van der Waals surface area contributed by atoms with Crippen LogP contribution in [0.1, 0.15) is 12.0 Å². The molecule has 0 saturated carbocycles. The zero-order valence-electron chi connectivity index (χ0n) is 13.2. The molecule has 2 amide bonds. The quantitative estimate of drug-likeness (QED) is 0.903. The monoisotopic (exact) mass is 346 g/mol. The molecule has 1 aromatic carbocycles. The van der Waals surface area contributed by atoms with Gasteiger partial charge in [0.25, 0.3) is 0 Å². The number of hydrogen-bond donors (Lipinski definition) is 1. The number of hydrogen-bond acceptors (Lipinski definition) is 4. The molecule has 0 bridgehead atoms. The number of urea groups is 1. The first-order valence-corrected chi connectivity index (χ1v) is 8.29. The molecule has 1 aromatic heterocycles. The van der Waals surface area contributed by atoms with Crippen molar-refractivity contribution in [3.8, 4) is 6.01 Å². The summed E-state index contributed by atoms with van der Waals surface area (Å²) >= 11 is 5.74. The van der Waals surface area contributed by atoms with Crippen LogP contribution in [-0.4, -0.2) is 46.6 Å². The van der Waals surface area contributed by atoms with Gasteiger partial charge in [0.2, 0.25) is 0 Å². The van der Waals surface area contributed by atoms with Gasteiger partial charge in [-0.3, -0.25) is 0 Å². The van der Waals surface area contributed by atoms with Crippen LogP contribution >= 0.6 is 11.6 Å². The van der Waals surface area contributed by atoms with E-state index in [0.29, 0.717) is 24.7 Å². The summed E-state index contributed by atoms with van der Waals surface area (Å²) in [5, 5.41) is 3.41. The standard InChI is InChI=1S/C17H19ClN4O2/c18-14-10-20-16(21-11-14)24-15-7-9-22(12-15)17(23)19-8-6-13-4-2-1-3-5-13/h1-5,10-11,15H,6-9,12H2,(H,19,23)/t15-/m0/s1. The van der Waals surface area contributed by atoms with Crippen molar-refractivity contribution in [3.05, 3.63) is 53.3 Å². The van der Waals surface area contributed by atoms with E-state index in [4.69, 9.17) is 16.3 Å². The molecule has 3 rings (SSSR count). The lowest BCUT2D eigenvalue weighted by Crippen LogP contribution is -2.40. The molecule has 2 heterocycles. The number of aromatic nitrogens is 2. The second-order valence-electron chi connectivity index (χ2n) is 5.63. The molecule has 1 atom stereocenters. The molecule has 2 aromatic rings. The third-order valence-electron chi connectivity index (χ3n) is 3.83. The molecule has 1 aliphatic rings.